The largest absolute Gasteiger partial charge is 0.355 e. The molecule has 0 saturated heterocycles. The molecule has 0 unspecified atom stereocenters. The van der Waals surface area contributed by atoms with Gasteiger partial charge in [0.2, 0.25) is 0 Å². The predicted molar refractivity (Wildman–Crippen MR) is 127 cm³/mol. The zero-order valence-electron chi connectivity index (χ0n) is 18.1. The maximum Gasteiger partial charge on any atom is 0.191 e. The number of rotatable bonds is 8. The van der Waals surface area contributed by atoms with Gasteiger partial charge in [-0.25, -0.2) is 9.67 Å². The molecule has 0 aliphatic carbocycles. The van der Waals surface area contributed by atoms with Crippen molar-refractivity contribution in [1.82, 2.24) is 25.4 Å². The summed E-state index contributed by atoms with van der Waals surface area (Å²) in [5.74, 6) is 0.815. The highest BCUT2D eigenvalue weighted by molar-refractivity contribution is 7.99. The number of nitrogens with zero attached hydrogens (tertiary/aromatic N) is 4. The molecule has 158 valence electrons. The smallest absolute Gasteiger partial charge is 0.191 e. The van der Waals surface area contributed by atoms with E-state index in [1.165, 1.54) is 22.3 Å². The zero-order valence-corrected chi connectivity index (χ0v) is 18.9. The molecule has 1 heterocycles. The lowest BCUT2D eigenvalue weighted by Gasteiger charge is -2.24. The van der Waals surface area contributed by atoms with Crippen molar-refractivity contribution in [1.29, 1.82) is 0 Å². The van der Waals surface area contributed by atoms with Crippen molar-refractivity contribution in [3.05, 3.63) is 72.3 Å². The summed E-state index contributed by atoms with van der Waals surface area (Å²) >= 11 is 1.84. The molecule has 0 saturated carbocycles. The van der Waals surface area contributed by atoms with Crippen LogP contribution in [0.3, 0.4) is 0 Å². The Balaban J connectivity index is 1.67. The molecule has 0 spiro atoms. The molecule has 30 heavy (non-hydrogen) atoms. The number of benzene rings is 2. The molecule has 2 aromatic carbocycles. The predicted octanol–water partition coefficient (Wildman–Crippen LogP) is 3.80. The average molecular weight is 423 g/mol. The van der Waals surface area contributed by atoms with E-state index in [9.17, 15) is 0 Å². The second-order valence-electron chi connectivity index (χ2n) is 7.69. The van der Waals surface area contributed by atoms with Crippen LogP contribution in [0.25, 0.3) is 11.1 Å². The Morgan fingerprint density at radius 1 is 1.10 bits per heavy atom. The van der Waals surface area contributed by atoms with Gasteiger partial charge in [-0.15, -0.1) is 0 Å². The quantitative estimate of drug-likeness (QED) is 0.427. The third-order valence-corrected chi connectivity index (χ3v) is 6.25. The normalized spacial score (nSPS) is 12.1. The minimum Gasteiger partial charge on any atom is -0.355 e. The molecule has 0 atom stereocenters. The summed E-state index contributed by atoms with van der Waals surface area (Å²) in [6.45, 7) is 6.72. The summed E-state index contributed by atoms with van der Waals surface area (Å²) in [5.41, 5.74) is 4.84. The topological polar surface area (TPSA) is 67.1 Å². The second-order valence-corrected chi connectivity index (χ2v) is 9.20. The lowest BCUT2D eigenvalue weighted by Crippen LogP contribution is -2.43. The molecule has 0 amide bonds. The van der Waals surface area contributed by atoms with E-state index in [0.717, 1.165) is 19.0 Å². The van der Waals surface area contributed by atoms with Gasteiger partial charge in [-0.1, -0.05) is 48.5 Å². The third-order valence-electron chi connectivity index (χ3n) is 5.00. The Hall–Kier alpha value is -2.80. The minimum atomic E-state index is 0.156. The summed E-state index contributed by atoms with van der Waals surface area (Å²) in [5, 5.41) is 11.0. The van der Waals surface area contributed by atoms with Crippen LogP contribution < -0.4 is 10.6 Å². The molecule has 3 aromatic rings. The third kappa shape index (κ3) is 6.10. The summed E-state index contributed by atoms with van der Waals surface area (Å²) in [6, 6.07) is 17.1. The highest BCUT2D eigenvalue weighted by Gasteiger charge is 2.16. The molecule has 6 nitrogen and oxygen atoms in total. The number of hydrogen-bond acceptors (Lipinski definition) is 4. The van der Waals surface area contributed by atoms with Crippen LogP contribution in [0.1, 0.15) is 25.0 Å². The lowest BCUT2D eigenvalue weighted by atomic mass is 9.98. The number of hydrogen-bond donors (Lipinski definition) is 2. The first-order valence-corrected chi connectivity index (χ1v) is 11.2. The highest BCUT2D eigenvalue weighted by Crippen LogP contribution is 2.24. The van der Waals surface area contributed by atoms with Gasteiger partial charge >= 0.3 is 0 Å². The van der Waals surface area contributed by atoms with E-state index in [0.29, 0.717) is 6.54 Å². The summed E-state index contributed by atoms with van der Waals surface area (Å²) in [6.07, 6.45) is 5.42. The van der Waals surface area contributed by atoms with Crippen molar-refractivity contribution in [2.75, 3.05) is 19.8 Å². The molecule has 0 aliphatic rings. The second kappa shape index (κ2) is 10.3. The average Bonchev–Trinajstić information content (AvgIpc) is 3.28. The first-order valence-electron chi connectivity index (χ1n) is 10.00. The van der Waals surface area contributed by atoms with E-state index in [-0.39, 0.29) is 4.75 Å². The van der Waals surface area contributed by atoms with Crippen LogP contribution in [0.2, 0.25) is 0 Å². The van der Waals surface area contributed by atoms with Gasteiger partial charge < -0.3 is 10.6 Å². The van der Waals surface area contributed by atoms with Gasteiger partial charge in [0, 0.05) is 24.9 Å². The molecular formula is C23H30N6S. The van der Waals surface area contributed by atoms with E-state index in [1.807, 2.05) is 16.4 Å². The molecule has 0 fully saturated rings. The molecule has 3 rings (SSSR count). The van der Waals surface area contributed by atoms with Crippen LogP contribution in [-0.2, 0) is 13.1 Å². The van der Waals surface area contributed by atoms with Crippen LogP contribution >= 0.6 is 11.8 Å². The van der Waals surface area contributed by atoms with Crippen molar-refractivity contribution in [3.8, 4) is 11.1 Å². The Bertz CT molecular complexity index is 948. The van der Waals surface area contributed by atoms with Crippen LogP contribution in [0, 0.1) is 0 Å². The maximum absolute atomic E-state index is 4.36. The van der Waals surface area contributed by atoms with Gasteiger partial charge in [0.05, 0.1) is 6.54 Å². The first kappa shape index (κ1) is 21.9. The Morgan fingerprint density at radius 3 is 2.53 bits per heavy atom. The molecule has 2 N–H and O–H groups in total. The summed E-state index contributed by atoms with van der Waals surface area (Å²) < 4.78 is 1.98. The van der Waals surface area contributed by atoms with E-state index in [2.05, 4.69) is 94.3 Å². The Kier molecular flexibility index (Phi) is 7.52. The molecule has 7 heteroatoms. The van der Waals surface area contributed by atoms with Gasteiger partial charge in [0.1, 0.15) is 12.7 Å². The van der Waals surface area contributed by atoms with Crippen molar-refractivity contribution in [2.24, 2.45) is 4.99 Å². The monoisotopic (exact) mass is 422 g/mol. The Labute approximate surface area is 183 Å². The summed E-state index contributed by atoms with van der Waals surface area (Å²) in [4.78, 5) is 8.36. The van der Waals surface area contributed by atoms with E-state index in [1.54, 1.807) is 19.7 Å². The molecule has 0 bridgehead atoms. The lowest BCUT2D eigenvalue weighted by molar-refractivity contribution is 0.664. The van der Waals surface area contributed by atoms with Gasteiger partial charge in [0.25, 0.3) is 0 Å². The number of aromatic nitrogens is 3. The zero-order chi connectivity index (χ0) is 21.4. The molecular weight excluding hydrogens is 392 g/mol. The highest BCUT2D eigenvalue weighted by atomic mass is 32.2. The number of nitrogens with one attached hydrogen (secondary N) is 2. The van der Waals surface area contributed by atoms with E-state index in [4.69, 9.17) is 0 Å². The number of aliphatic imine (C=N–C) groups is 1. The Morgan fingerprint density at radius 2 is 1.87 bits per heavy atom. The van der Waals surface area contributed by atoms with Crippen molar-refractivity contribution < 1.29 is 0 Å². The first-order chi connectivity index (χ1) is 14.5. The van der Waals surface area contributed by atoms with Gasteiger partial charge in [0.15, 0.2) is 5.96 Å². The van der Waals surface area contributed by atoms with Crippen LogP contribution in [0.5, 0.6) is 0 Å². The van der Waals surface area contributed by atoms with Gasteiger partial charge in [-0.3, -0.25) is 4.99 Å². The fraction of sp³-hybridized carbons (Fsp3) is 0.348. The van der Waals surface area contributed by atoms with Crippen LogP contribution in [0.15, 0.2) is 66.2 Å². The number of guanidine groups is 1. The van der Waals surface area contributed by atoms with Crippen molar-refractivity contribution in [3.63, 3.8) is 0 Å². The minimum absolute atomic E-state index is 0.156. The molecule has 1 aromatic heterocycles. The standard InChI is InChI=1S/C23H30N6S/c1-23(2,30-4)15-27-22(24-3)26-13-20-7-5-6-8-21(20)19-11-9-18(10-12-19)14-29-17-25-16-28-29/h5-12,16-17H,13-15H2,1-4H3,(H2,24,26,27). The van der Waals surface area contributed by atoms with Gasteiger partial charge in [-0.2, -0.15) is 16.9 Å². The fourth-order valence-electron chi connectivity index (χ4n) is 3.02. The fourth-order valence-corrected chi connectivity index (χ4v) is 3.23. The van der Waals surface area contributed by atoms with Crippen molar-refractivity contribution >= 4 is 17.7 Å². The van der Waals surface area contributed by atoms with Gasteiger partial charge in [-0.05, 0) is 42.4 Å². The van der Waals surface area contributed by atoms with Crippen LogP contribution in [0.4, 0.5) is 0 Å². The number of thioether (sulfide) groups is 1. The maximum atomic E-state index is 4.36. The van der Waals surface area contributed by atoms with Crippen molar-refractivity contribution in [2.45, 2.75) is 31.7 Å². The molecule has 0 aliphatic heterocycles. The van der Waals surface area contributed by atoms with Crippen LogP contribution in [-0.4, -0.2) is 45.3 Å². The van der Waals surface area contributed by atoms with E-state index >= 15 is 0 Å². The molecule has 0 radical (unpaired) electrons. The SMILES string of the molecule is CN=C(NCc1ccccc1-c1ccc(Cn2cncn2)cc1)NCC(C)(C)SC. The summed E-state index contributed by atoms with van der Waals surface area (Å²) in [7, 11) is 1.81. The van der Waals surface area contributed by atoms with E-state index < -0.39 is 0 Å².